The van der Waals surface area contributed by atoms with Crippen molar-refractivity contribution in [2.45, 2.75) is 74.0 Å². The van der Waals surface area contributed by atoms with Crippen LogP contribution in [0.15, 0.2) is 18.5 Å². The number of H-pyrrole nitrogens is 1. The molecule has 4 fully saturated rings. The van der Waals surface area contributed by atoms with Crippen molar-refractivity contribution in [2.24, 2.45) is 0 Å². The maximum absolute atomic E-state index is 12.8. The average Bonchev–Trinajstić information content (AvgIpc) is 3.10. The number of hydrogen-bond donors (Lipinski definition) is 2. The quantitative estimate of drug-likeness (QED) is 0.700. The van der Waals surface area contributed by atoms with E-state index in [2.05, 4.69) is 29.3 Å². The SMILES string of the molecule is CC1(S(=O)(=O)NC23CCC(c4nnc5cnc6[nH]ccc6n45)(CC2)CC3)CC1. The van der Waals surface area contributed by atoms with Gasteiger partial charge in [0, 0.05) is 17.2 Å². The van der Waals surface area contributed by atoms with E-state index in [1.54, 1.807) is 6.20 Å². The van der Waals surface area contributed by atoms with Gasteiger partial charge in [-0.15, -0.1) is 10.2 Å². The Morgan fingerprint density at radius 3 is 2.46 bits per heavy atom. The lowest BCUT2D eigenvalue weighted by Crippen LogP contribution is -2.59. The van der Waals surface area contributed by atoms with Crippen LogP contribution in [0.3, 0.4) is 0 Å². The summed E-state index contributed by atoms with van der Waals surface area (Å²) in [4.78, 5) is 7.57. The van der Waals surface area contributed by atoms with Gasteiger partial charge >= 0.3 is 0 Å². The summed E-state index contributed by atoms with van der Waals surface area (Å²) in [6.07, 6.45) is 10.6. The van der Waals surface area contributed by atoms with Gasteiger partial charge in [0.25, 0.3) is 0 Å². The van der Waals surface area contributed by atoms with Gasteiger partial charge in [-0.05, 0) is 64.4 Å². The largest absolute Gasteiger partial charge is 0.345 e. The Hall–Kier alpha value is -2.00. The number of rotatable bonds is 4. The lowest BCUT2D eigenvalue weighted by atomic mass is 9.57. The van der Waals surface area contributed by atoms with Crippen LogP contribution in [0.5, 0.6) is 0 Å². The Balaban J connectivity index is 1.35. The molecular weight excluding hydrogens is 376 g/mol. The third-order valence-electron chi connectivity index (χ3n) is 7.62. The summed E-state index contributed by atoms with van der Waals surface area (Å²) in [5.41, 5.74) is 2.27. The molecule has 2 bridgehead atoms. The number of fused-ring (bicyclic) bond motifs is 6. The van der Waals surface area contributed by atoms with E-state index >= 15 is 0 Å². The molecule has 3 aromatic rings. The van der Waals surface area contributed by atoms with Crippen molar-refractivity contribution < 1.29 is 8.42 Å². The Morgan fingerprint density at radius 2 is 1.79 bits per heavy atom. The molecule has 3 heterocycles. The minimum atomic E-state index is -3.26. The number of hydrogen-bond acceptors (Lipinski definition) is 5. The van der Waals surface area contributed by atoms with Crippen molar-refractivity contribution in [2.75, 3.05) is 0 Å². The van der Waals surface area contributed by atoms with Gasteiger partial charge in [0.2, 0.25) is 10.0 Å². The molecule has 3 aromatic heterocycles. The highest BCUT2D eigenvalue weighted by atomic mass is 32.2. The van der Waals surface area contributed by atoms with Gasteiger partial charge in [0.05, 0.1) is 16.5 Å². The number of nitrogens with one attached hydrogen (secondary N) is 2. The fourth-order valence-electron chi connectivity index (χ4n) is 5.25. The molecule has 2 N–H and O–H groups in total. The van der Waals surface area contributed by atoms with Crippen LogP contribution in [0, 0.1) is 0 Å². The predicted molar refractivity (Wildman–Crippen MR) is 104 cm³/mol. The third-order valence-corrected chi connectivity index (χ3v) is 10.0. The van der Waals surface area contributed by atoms with E-state index in [9.17, 15) is 8.42 Å². The van der Waals surface area contributed by atoms with Crippen molar-refractivity contribution in [3.8, 4) is 0 Å². The molecule has 0 amide bonds. The summed E-state index contributed by atoms with van der Waals surface area (Å²) in [7, 11) is -3.26. The maximum Gasteiger partial charge on any atom is 0.217 e. The lowest BCUT2D eigenvalue weighted by Gasteiger charge is -2.52. The molecule has 28 heavy (non-hydrogen) atoms. The van der Waals surface area contributed by atoms with Crippen LogP contribution in [-0.2, 0) is 15.4 Å². The van der Waals surface area contributed by atoms with Gasteiger partial charge in [0.1, 0.15) is 5.82 Å². The molecule has 0 saturated heterocycles. The molecule has 148 valence electrons. The first-order valence-corrected chi connectivity index (χ1v) is 11.6. The summed E-state index contributed by atoms with van der Waals surface area (Å²) in [6.45, 7) is 1.86. The third kappa shape index (κ3) is 2.14. The summed E-state index contributed by atoms with van der Waals surface area (Å²) < 4.78 is 30.4. The zero-order valence-corrected chi connectivity index (χ0v) is 16.7. The lowest BCUT2D eigenvalue weighted by molar-refractivity contribution is 0.0880. The van der Waals surface area contributed by atoms with Gasteiger partial charge in [0.15, 0.2) is 11.3 Å². The number of nitrogens with zero attached hydrogens (tertiary/aromatic N) is 4. The van der Waals surface area contributed by atoms with Crippen LogP contribution in [0.25, 0.3) is 16.8 Å². The fraction of sp³-hybridized carbons (Fsp3) is 0.632. The van der Waals surface area contributed by atoms with Crippen molar-refractivity contribution in [3.63, 3.8) is 0 Å². The average molecular weight is 401 g/mol. The zero-order valence-electron chi connectivity index (χ0n) is 15.9. The van der Waals surface area contributed by atoms with Gasteiger partial charge in [-0.1, -0.05) is 0 Å². The van der Waals surface area contributed by atoms with E-state index in [1.807, 2.05) is 19.2 Å². The Kier molecular flexibility index (Phi) is 3.10. The second-order valence-electron chi connectivity index (χ2n) is 9.30. The van der Waals surface area contributed by atoms with Gasteiger partial charge in [-0.25, -0.2) is 18.1 Å². The van der Waals surface area contributed by atoms with Crippen LogP contribution < -0.4 is 4.72 Å². The summed E-state index contributed by atoms with van der Waals surface area (Å²) in [5.74, 6) is 1.000. The van der Waals surface area contributed by atoms with Gasteiger partial charge < -0.3 is 4.98 Å². The van der Waals surface area contributed by atoms with E-state index in [0.717, 1.165) is 74.0 Å². The maximum atomic E-state index is 12.8. The molecule has 9 heteroatoms. The first-order valence-electron chi connectivity index (χ1n) is 10.1. The molecule has 0 aromatic carbocycles. The normalized spacial score (nSPS) is 31.6. The molecule has 4 saturated carbocycles. The van der Waals surface area contributed by atoms with E-state index in [1.165, 1.54) is 0 Å². The standard InChI is InChI=1S/C19H24N6O2S/c1-17(3-4-17)28(26,27)24-19-8-5-18(6-9-19,7-10-19)16-23-22-14-12-21-15-13(25(14)16)2-11-20-15/h2,11-12,20,24H,3-10H2,1H3. The molecule has 8 nitrogen and oxygen atoms in total. The Labute approximate surface area is 163 Å². The van der Waals surface area contributed by atoms with Crippen LogP contribution in [0.2, 0.25) is 0 Å². The van der Waals surface area contributed by atoms with Crippen molar-refractivity contribution in [1.82, 2.24) is 29.3 Å². The molecule has 0 aliphatic heterocycles. The number of aromatic amines is 1. The minimum absolute atomic E-state index is 0.0400. The molecule has 0 atom stereocenters. The van der Waals surface area contributed by atoms with Crippen molar-refractivity contribution in [1.29, 1.82) is 0 Å². The number of sulfonamides is 1. The second-order valence-corrected chi connectivity index (χ2v) is 11.5. The highest BCUT2D eigenvalue weighted by Gasteiger charge is 2.57. The van der Waals surface area contributed by atoms with E-state index in [-0.39, 0.29) is 11.0 Å². The first-order chi connectivity index (χ1) is 13.4. The summed E-state index contributed by atoms with van der Waals surface area (Å²) >= 11 is 0. The molecule has 7 rings (SSSR count). The molecule has 0 unspecified atom stereocenters. The van der Waals surface area contributed by atoms with Crippen LogP contribution >= 0.6 is 0 Å². The minimum Gasteiger partial charge on any atom is -0.345 e. The number of aromatic nitrogens is 5. The smallest absolute Gasteiger partial charge is 0.217 e. The zero-order chi connectivity index (χ0) is 19.2. The Bertz CT molecular complexity index is 1180. The van der Waals surface area contributed by atoms with Crippen molar-refractivity contribution >= 4 is 26.8 Å². The van der Waals surface area contributed by atoms with Crippen LogP contribution in [0.1, 0.15) is 64.1 Å². The molecule has 4 aliphatic rings. The fourth-order valence-corrected chi connectivity index (χ4v) is 7.01. The Morgan fingerprint density at radius 1 is 1.07 bits per heavy atom. The van der Waals surface area contributed by atoms with Gasteiger partial charge in [-0.2, -0.15) is 0 Å². The predicted octanol–water partition coefficient (Wildman–Crippen LogP) is 2.42. The highest BCUT2D eigenvalue weighted by Crippen LogP contribution is 2.54. The van der Waals surface area contributed by atoms with Crippen molar-refractivity contribution in [3.05, 3.63) is 24.3 Å². The highest BCUT2D eigenvalue weighted by molar-refractivity contribution is 7.91. The molecule has 4 aliphatic carbocycles. The molecule has 0 radical (unpaired) electrons. The molecular formula is C19H24N6O2S. The topological polar surface area (TPSA) is 105 Å². The van der Waals surface area contributed by atoms with E-state index in [0.29, 0.717) is 0 Å². The second kappa shape index (κ2) is 5.13. The van der Waals surface area contributed by atoms with Crippen LogP contribution in [-0.4, -0.2) is 43.3 Å². The first kappa shape index (κ1) is 16.9. The molecule has 0 spiro atoms. The van der Waals surface area contributed by atoms with Gasteiger partial charge in [-0.3, -0.25) is 4.40 Å². The van der Waals surface area contributed by atoms with Crippen LogP contribution in [0.4, 0.5) is 0 Å². The summed E-state index contributed by atoms with van der Waals surface area (Å²) in [5, 5.41) is 8.96. The monoisotopic (exact) mass is 400 g/mol. The van der Waals surface area contributed by atoms with E-state index < -0.39 is 14.8 Å². The van der Waals surface area contributed by atoms with E-state index in [4.69, 9.17) is 0 Å². The summed E-state index contributed by atoms with van der Waals surface area (Å²) in [6, 6.07) is 2.01.